The number of halogens is 1. The Morgan fingerprint density at radius 2 is 2.27 bits per heavy atom. The summed E-state index contributed by atoms with van der Waals surface area (Å²) in [6.45, 7) is 3.95. The molecule has 0 unspecified atom stereocenters. The van der Waals surface area contributed by atoms with Gasteiger partial charge < -0.3 is 4.52 Å². The summed E-state index contributed by atoms with van der Waals surface area (Å²) < 4.78 is 4.79. The number of nitrogens with zero attached hydrogens (tertiary/aromatic N) is 1. The molecule has 0 radical (unpaired) electrons. The van der Waals surface area contributed by atoms with Crippen LogP contribution in [0, 0.1) is 12.3 Å². The van der Waals surface area contributed by atoms with Crippen molar-refractivity contribution in [2.45, 2.75) is 19.8 Å². The van der Waals surface area contributed by atoms with Gasteiger partial charge in [0.25, 0.3) is 0 Å². The smallest absolute Gasteiger partial charge is 0.228 e. The van der Waals surface area contributed by atoms with Gasteiger partial charge in [-0.2, -0.15) is 0 Å². The van der Waals surface area contributed by atoms with E-state index in [0.29, 0.717) is 10.8 Å². The van der Waals surface area contributed by atoms with Crippen LogP contribution < -0.4 is 0 Å². The van der Waals surface area contributed by atoms with Crippen LogP contribution in [0.4, 0.5) is 0 Å². The fourth-order valence-corrected chi connectivity index (χ4v) is 1.08. The minimum atomic E-state index is 0.244. The van der Waals surface area contributed by atoms with Crippen molar-refractivity contribution in [2.75, 3.05) is 0 Å². The Kier molecular flexibility index (Phi) is 2.21. The lowest BCUT2D eigenvalue weighted by Gasteiger charge is -1.95. The van der Waals surface area contributed by atoms with Gasteiger partial charge in [0.15, 0.2) is 0 Å². The highest BCUT2D eigenvalue weighted by molar-refractivity contribution is 6.32. The van der Waals surface area contributed by atoms with E-state index < -0.39 is 0 Å². The minimum Gasteiger partial charge on any atom is -0.346 e. The van der Waals surface area contributed by atoms with E-state index in [-0.39, 0.29) is 5.92 Å². The Balaban J connectivity index is 3.13. The van der Waals surface area contributed by atoms with Crippen molar-refractivity contribution < 1.29 is 4.52 Å². The van der Waals surface area contributed by atoms with Gasteiger partial charge in [-0.25, -0.2) is 0 Å². The monoisotopic (exact) mass is 169 g/mol. The van der Waals surface area contributed by atoms with Crippen molar-refractivity contribution in [2.24, 2.45) is 0 Å². The lowest BCUT2D eigenvalue weighted by molar-refractivity contribution is 0.400. The lowest BCUT2D eigenvalue weighted by atomic mass is 10.1. The third-order valence-corrected chi connectivity index (χ3v) is 1.70. The van der Waals surface area contributed by atoms with Crippen LogP contribution in [-0.2, 0) is 0 Å². The molecule has 1 aromatic heterocycles. The number of hydrogen-bond donors (Lipinski definition) is 0. The van der Waals surface area contributed by atoms with Gasteiger partial charge in [-0.15, -0.1) is 6.42 Å². The first-order valence-electron chi connectivity index (χ1n) is 3.28. The molecule has 58 valence electrons. The van der Waals surface area contributed by atoms with Gasteiger partial charge >= 0.3 is 0 Å². The third-order valence-electron chi connectivity index (χ3n) is 1.34. The fraction of sp³-hybridized carbons (Fsp3) is 0.375. The van der Waals surface area contributed by atoms with E-state index in [1.807, 2.05) is 13.8 Å². The molecule has 0 aliphatic heterocycles. The topological polar surface area (TPSA) is 26.0 Å². The van der Waals surface area contributed by atoms with Crippen LogP contribution in [0.3, 0.4) is 0 Å². The first-order valence-corrected chi connectivity index (χ1v) is 3.66. The van der Waals surface area contributed by atoms with Crippen molar-refractivity contribution in [3.05, 3.63) is 16.5 Å². The zero-order valence-corrected chi connectivity index (χ0v) is 7.14. The summed E-state index contributed by atoms with van der Waals surface area (Å²) >= 11 is 5.82. The van der Waals surface area contributed by atoms with Gasteiger partial charge in [0.2, 0.25) is 5.76 Å². The molecule has 0 saturated heterocycles. The van der Waals surface area contributed by atoms with Crippen molar-refractivity contribution in [3.8, 4) is 12.3 Å². The highest BCUT2D eigenvalue weighted by Gasteiger charge is 2.14. The van der Waals surface area contributed by atoms with Gasteiger partial charge in [0, 0.05) is 5.92 Å². The Bertz CT molecular complexity index is 296. The molecule has 1 aromatic rings. The number of aromatic nitrogens is 1. The largest absolute Gasteiger partial charge is 0.346 e. The lowest BCUT2D eigenvalue weighted by Crippen LogP contribution is -1.86. The molecule has 0 aliphatic carbocycles. The molecule has 0 fully saturated rings. The second kappa shape index (κ2) is 2.98. The van der Waals surface area contributed by atoms with E-state index in [1.54, 1.807) is 0 Å². The van der Waals surface area contributed by atoms with Crippen LogP contribution in [-0.4, -0.2) is 5.16 Å². The summed E-state index contributed by atoms with van der Waals surface area (Å²) in [5.74, 6) is 2.87. The number of rotatable bonds is 1. The van der Waals surface area contributed by atoms with Gasteiger partial charge in [0.1, 0.15) is 10.7 Å². The molecule has 0 saturated carbocycles. The van der Waals surface area contributed by atoms with Crippen LogP contribution in [0.25, 0.3) is 0 Å². The molecular formula is C8H8ClNO. The molecule has 0 amide bonds. The summed E-state index contributed by atoms with van der Waals surface area (Å²) in [4.78, 5) is 0. The Morgan fingerprint density at radius 1 is 1.64 bits per heavy atom. The van der Waals surface area contributed by atoms with Crippen molar-refractivity contribution in [1.82, 2.24) is 5.16 Å². The SMILES string of the molecule is C#Cc1onc(C(C)C)c1Cl. The molecule has 3 heteroatoms. The highest BCUT2D eigenvalue weighted by atomic mass is 35.5. The predicted molar refractivity (Wildman–Crippen MR) is 43.5 cm³/mol. The maximum atomic E-state index is 5.82. The number of terminal acetylenes is 1. The zero-order chi connectivity index (χ0) is 8.43. The third kappa shape index (κ3) is 1.38. The quantitative estimate of drug-likeness (QED) is 0.604. The van der Waals surface area contributed by atoms with Gasteiger partial charge in [-0.05, 0) is 5.92 Å². The van der Waals surface area contributed by atoms with E-state index in [2.05, 4.69) is 11.1 Å². The van der Waals surface area contributed by atoms with E-state index in [0.717, 1.165) is 5.69 Å². The van der Waals surface area contributed by atoms with Crippen LogP contribution >= 0.6 is 11.6 Å². The predicted octanol–water partition coefficient (Wildman–Crippen LogP) is 2.43. The molecule has 0 spiro atoms. The average Bonchev–Trinajstić information content (AvgIpc) is 2.30. The summed E-state index contributed by atoms with van der Waals surface area (Å²) in [6, 6.07) is 0. The summed E-state index contributed by atoms with van der Waals surface area (Å²) in [7, 11) is 0. The van der Waals surface area contributed by atoms with Crippen molar-refractivity contribution in [1.29, 1.82) is 0 Å². The average molecular weight is 170 g/mol. The molecule has 0 aliphatic rings. The van der Waals surface area contributed by atoms with E-state index in [9.17, 15) is 0 Å². The molecular weight excluding hydrogens is 162 g/mol. The van der Waals surface area contributed by atoms with Gasteiger partial charge in [-0.1, -0.05) is 30.6 Å². The summed E-state index contributed by atoms with van der Waals surface area (Å²) in [5.41, 5.74) is 0.722. The van der Waals surface area contributed by atoms with E-state index >= 15 is 0 Å². The normalized spacial score (nSPS) is 10.1. The van der Waals surface area contributed by atoms with Gasteiger partial charge in [-0.3, -0.25) is 0 Å². The van der Waals surface area contributed by atoms with Crippen LogP contribution in [0.15, 0.2) is 4.52 Å². The van der Waals surface area contributed by atoms with E-state index in [4.69, 9.17) is 22.5 Å². The summed E-state index contributed by atoms with van der Waals surface area (Å²) in [6.07, 6.45) is 5.10. The number of hydrogen-bond acceptors (Lipinski definition) is 2. The van der Waals surface area contributed by atoms with Crippen LogP contribution in [0.5, 0.6) is 0 Å². The first kappa shape index (κ1) is 8.16. The molecule has 0 N–H and O–H groups in total. The van der Waals surface area contributed by atoms with Gasteiger partial charge in [0.05, 0.1) is 0 Å². The molecule has 1 heterocycles. The first-order chi connectivity index (χ1) is 5.16. The Labute approximate surface area is 70.5 Å². The van der Waals surface area contributed by atoms with Crippen LogP contribution in [0.1, 0.15) is 31.2 Å². The molecule has 2 nitrogen and oxygen atoms in total. The Morgan fingerprint density at radius 3 is 2.55 bits per heavy atom. The highest BCUT2D eigenvalue weighted by Crippen LogP contribution is 2.25. The van der Waals surface area contributed by atoms with Crippen molar-refractivity contribution in [3.63, 3.8) is 0 Å². The standard InChI is InChI=1S/C8H8ClNO/c1-4-6-7(9)8(5(2)3)10-11-6/h1,5H,2-3H3. The molecule has 0 atom stereocenters. The maximum absolute atomic E-state index is 5.82. The second-order valence-electron chi connectivity index (χ2n) is 2.51. The second-order valence-corrected chi connectivity index (χ2v) is 2.89. The summed E-state index contributed by atoms with van der Waals surface area (Å²) in [5, 5.41) is 4.20. The van der Waals surface area contributed by atoms with Crippen LogP contribution in [0.2, 0.25) is 5.02 Å². The van der Waals surface area contributed by atoms with E-state index in [1.165, 1.54) is 0 Å². The fourth-order valence-electron chi connectivity index (χ4n) is 0.740. The molecule has 0 aromatic carbocycles. The van der Waals surface area contributed by atoms with Crippen molar-refractivity contribution >= 4 is 11.6 Å². The molecule has 11 heavy (non-hydrogen) atoms. The molecule has 0 bridgehead atoms. The zero-order valence-electron chi connectivity index (χ0n) is 6.39. The molecule has 1 rings (SSSR count). The Hall–Kier alpha value is -0.940. The maximum Gasteiger partial charge on any atom is 0.228 e. The minimum absolute atomic E-state index is 0.244.